The molecule has 0 bridgehead atoms. The van der Waals surface area contributed by atoms with Crippen molar-refractivity contribution in [3.63, 3.8) is 0 Å². The van der Waals surface area contributed by atoms with Crippen molar-refractivity contribution in [1.82, 2.24) is 5.27 Å². The first-order valence-corrected chi connectivity index (χ1v) is 7.88. The number of carbonyl (C=O) groups excluding carboxylic acids is 1. The molecule has 0 saturated carbocycles. The van der Waals surface area contributed by atoms with Gasteiger partial charge in [-0.2, -0.15) is 0 Å². The van der Waals surface area contributed by atoms with Crippen LogP contribution in [0.25, 0.3) is 5.69 Å². The largest absolute Gasteiger partial charge is 0.497 e. The number of hydrogen-bond donors (Lipinski definition) is 2. The highest BCUT2D eigenvalue weighted by Crippen LogP contribution is 2.25. The Balaban J connectivity index is 1.94. The second-order valence-corrected chi connectivity index (χ2v) is 5.42. The molecular formula is C18H18N3O6+. The third-order valence-electron chi connectivity index (χ3n) is 3.80. The predicted molar refractivity (Wildman–Crippen MR) is 94.9 cm³/mol. The SMILES string of the molecule is COc1ccc(-[n+]2[nH]oc(=O)c2C(=O)Nc2cc(OC)cc(OC)c2)cc1. The van der Waals surface area contributed by atoms with Gasteiger partial charge in [0.25, 0.3) is 0 Å². The molecule has 0 unspecified atom stereocenters. The van der Waals surface area contributed by atoms with Crippen LogP contribution in [-0.2, 0) is 0 Å². The molecule has 2 N–H and O–H groups in total. The number of carbonyl (C=O) groups is 1. The molecule has 9 nitrogen and oxygen atoms in total. The van der Waals surface area contributed by atoms with Crippen LogP contribution in [0.5, 0.6) is 17.2 Å². The normalized spacial score (nSPS) is 10.3. The van der Waals surface area contributed by atoms with E-state index in [0.717, 1.165) is 0 Å². The molecule has 2 aromatic carbocycles. The molecule has 0 fully saturated rings. The van der Waals surface area contributed by atoms with Gasteiger partial charge in [0.05, 0.1) is 21.3 Å². The number of anilines is 1. The van der Waals surface area contributed by atoms with Crippen molar-refractivity contribution in [2.75, 3.05) is 26.6 Å². The highest BCUT2D eigenvalue weighted by atomic mass is 16.5. The minimum absolute atomic E-state index is 0.220. The summed E-state index contributed by atoms with van der Waals surface area (Å²) in [5, 5.41) is 5.06. The summed E-state index contributed by atoms with van der Waals surface area (Å²) in [6.07, 6.45) is 0. The maximum Gasteiger partial charge on any atom is 0.441 e. The number of aromatic amines is 1. The molecular weight excluding hydrogens is 354 g/mol. The van der Waals surface area contributed by atoms with Gasteiger partial charge in [-0.15, -0.1) is 0 Å². The average Bonchev–Trinajstić information content (AvgIpc) is 3.09. The summed E-state index contributed by atoms with van der Waals surface area (Å²) in [6.45, 7) is 0. The second-order valence-electron chi connectivity index (χ2n) is 5.42. The smallest absolute Gasteiger partial charge is 0.441 e. The monoisotopic (exact) mass is 372 g/mol. The number of nitrogens with one attached hydrogen (secondary N) is 2. The standard InChI is InChI=1S/C18H17N3O6/c1-24-13-6-4-12(5-7-13)21-16(18(23)27-20-21)17(22)19-11-8-14(25-2)10-15(9-11)26-3/h4-10H,1-3H3,(H-,19,20,22,23)/p+1. The molecule has 3 rings (SSSR count). The molecule has 1 aromatic heterocycles. The van der Waals surface area contributed by atoms with Crippen molar-refractivity contribution in [2.45, 2.75) is 0 Å². The minimum Gasteiger partial charge on any atom is -0.497 e. The van der Waals surface area contributed by atoms with Gasteiger partial charge in [0.2, 0.25) is 5.69 Å². The Labute approximate surface area is 154 Å². The Morgan fingerprint density at radius 3 is 2.11 bits per heavy atom. The van der Waals surface area contributed by atoms with E-state index >= 15 is 0 Å². The average molecular weight is 372 g/mol. The molecule has 1 heterocycles. The fourth-order valence-corrected chi connectivity index (χ4v) is 2.45. The van der Waals surface area contributed by atoms with Crippen molar-refractivity contribution in [3.05, 3.63) is 58.6 Å². The molecule has 3 aromatic rings. The zero-order chi connectivity index (χ0) is 19.4. The number of hydrogen-bond acceptors (Lipinski definition) is 6. The summed E-state index contributed by atoms with van der Waals surface area (Å²) < 4.78 is 21.5. The molecule has 0 atom stereocenters. The van der Waals surface area contributed by atoms with Gasteiger partial charge in [0.1, 0.15) is 17.2 Å². The first-order valence-electron chi connectivity index (χ1n) is 7.88. The van der Waals surface area contributed by atoms with E-state index in [9.17, 15) is 9.59 Å². The van der Waals surface area contributed by atoms with Crippen LogP contribution in [0, 0.1) is 0 Å². The Kier molecular flexibility index (Phi) is 5.11. The zero-order valence-corrected chi connectivity index (χ0v) is 14.9. The zero-order valence-electron chi connectivity index (χ0n) is 14.9. The van der Waals surface area contributed by atoms with Crippen LogP contribution in [-0.4, -0.2) is 32.5 Å². The van der Waals surface area contributed by atoms with Crippen LogP contribution in [0.3, 0.4) is 0 Å². The van der Waals surface area contributed by atoms with Crippen molar-refractivity contribution < 1.29 is 28.2 Å². The van der Waals surface area contributed by atoms with Crippen LogP contribution < -0.4 is 29.8 Å². The number of aromatic nitrogens is 2. The molecule has 0 aliphatic carbocycles. The third kappa shape index (κ3) is 3.76. The van der Waals surface area contributed by atoms with E-state index < -0.39 is 11.5 Å². The summed E-state index contributed by atoms with van der Waals surface area (Å²) in [6, 6.07) is 11.6. The molecule has 0 radical (unpaired) electrons. The Morgan fingerprint density at radius 1 is 0.963 bits per heavy atom. The van der Waals surface area contributed by atoms with Crippen molar-refractivity contribution >= 4 is 11.6 Å². The lowest BCUT2D eigenvalue weighted by atomic mass is 10.2. The van der Waals surface area contributed by atoms with E-state index in [4.69, 9.17) is 18.7 Å². The van der Waals surface area contributed by atoms with E-state index in [-0.39, 0.29) is 5.69 Å². The number of benzene rings is 2. The van der Waals surface area contributed by atoms with Gasteiger partial charge in [-0.1, -0.05) is 0 Å². The number of rotatable bonds is 6. The number of nitrogens with zero attached hydrogens (tertiary/aromatic N) is 1. The molecule has 0 aliphatic rings. The molecule has 1 amide bonds. The molecule has 27 heavy (non-hydrogen) atoms. The van der Waals surface area contributed by atoms with E-state index in [1.54, 1.807) is 49.6 Å². The fourth-order valence-electron chi connectivity index (χ4n) is 2.45. The minimum atomic E-state index is -0.807. The molecule has 9 heteroatoms. The van der Waals surface area contributed by atoms with Gasteiger partial charge in [-0.05, 0) is 22.1 Å². The molecule has 0 saturated heterocycles. The van der Waals surface area contributed by atoms with Crippen molar-refractivity contribution in [2.24, 2.45) is 0 Å². The number of amides is 1. The van der Waals surface area contributed by atoms with Gasteiger partial charge >= 0.3 is 17.2 Å². The van der Waals surface area contributed by atoms with Crippen LogP contribution in [0.1, 0.15) is 10.5 Å². The third-order valence-corrected chi connectivity index (χ3v) is 3.80. The highest BCUT2D eigenvalue weighted by molar-refractivity contribution is 6.01. The fraction of sp³-hybridized carbons (Fsp3) is 0.167. The first-order chi connectivity index (χ1) is 13.0. The van der Waals surface area contributed by atoms with Crippen LogP contribution >= 0.6 is 0 Å². The van der Waals surface area contributed by atoms with Crippen LogP contribution in [0.2, 0.25) is 0 Å². The Hall–Kier alpha value is -3.75. The number of ether oxygens (including phenoxy) is 3. The lowest BCUT2D eigenvalue weighted by Gasteiger charge is -2.08. The summed E-state index contributed by atoms with van der Waals surface area (Å²) >= 11 is 0. The van der Waals surface area contributed by atoms with Gasteiger partial charge < -0.3 is 19.5 Å². The van der Waals surface area contributed by atoms with E-state index in [1.165, 1.54) is 18.9 Å². The van der Waals surface area contributed by atoms with Crippen LogP contribution in [0.15, 0.2) is 51.8 Å². The Bertz CT molecular complexity index is 984. The van der Waals surface area contributed by atoms with Crippen molar-refractivity contribution in [1.29, 1.82) is 0 Å². The summed E-state index contributed by atoms with van der Waals surface area (Å²) in [5.74, 6) is 0.971. The predicted octanol–water partition coefficient (Wildman–Crippen LogP) is 1.52. The highest BCUT2D eigenvalue weighted by Gasteiger charge is 2.31. The van der Waals surface area contributed by atoms with Gasteiger partial charge in [0.15, 0.2) is 0 Å². The van der Waals surface area contributed by atoms with E-state index in [1.807, 2.05) is 0 Å². The number of methoxy groups -OCH3 is 3. The van der Waals surface area contributed by atoms with E-state index in [0.29, 0.717) is 28.6 Å². The second kappa shape index (κ2) is 7.65. The maximum absolute atomic E-state index is 12.7. The first kappa shape index (κ1) is 18.1. The molecule has 140 valence electrons. The molecule has 0 aliphatic heterocycles. The quantitative estimate of drug-likeness (QED) is 0.636. The van der Waals surface area contributed by atoms with Gasteiger partial charge in [-0.3, -0.25) is 9.32 Å². The summed E-state index contributed by atoms with van der Waals surface area (Å²) in [5.41, 5.74) is -0.103. The summed E-state index contributed by atoms with van der Waals surface area (Å²) in [4.78, 5) is 24.8. The maximum atomic E-state index is 12.7. The Morgan fingerprint density at radius 2 is 1.56 bits per heavy atom. The lowest BCUT2D eigenvalue weighted by molar-refractivity contribution is -0.672. The topological polar surface area (TPSA) is 107 Å². The van der Waals surface area contributed by atoms with Crippen LogP contribution in [0.4, 0.5) is 5.69 Å². The van der Waals surface area contributed by atoms with Gasteiger partial charge in [-0.25, -0.2) is 4.79 Å². The lowest BCUT2D eigenvalue weighted by Crippen LogP contribution is -2.42. The summed E-state index contributed by atoms with van der Waals surface area (Å²) in [7, 11) is 4.54. The van der Waals surface area contributed by atoms with Gasteiger partial charge in [0, 0.05) is 36.0 Å². The number of H-pyrrole nitrogens is 1. The van der Waals surface area contributed by atoms with Crippen molar-refractivity contribution in [3.8, 4) is 22.9 Å². The van der Waals surface area contributed by atoms with E-state index in [2.05, 4.69) is 10.6 Å². The molecule has 0 spiro atoms.